The van der Waals surface area contributed by atoms with Gasteiger partial charge in [-0.1, -0.05) is 31.1 Å². The molecule has 0 radical (unpaired) electrons. The van der Waals surface area contributed by atoms with E-state index in [-0.39, 0.29) is 24.2 Å². The van der Waals surface area contributed by atoms with E-state index in [1.54, 1.807) is 25.1 Å². The van der Waals surface area contributed by atoms with E-state index in [9.17, 15) is 9.18 Å². The fraction of sp³-hybridized carbons (Fsp3) is 0.278. The maximum Gasteiger partial charge on any atom is 0.259 e. The lowest BCUT2D eigenvalue weighted by molar-refractivity contribution is 0.0952. The summed E-state index contributed by atoms with van der Waals surface area (Å²) in [6, 6.07) is 7.90. The van der Waals surface area contributed by atoms with Crippen molar-refractivity contribution in [3.63, 3.8) is 0 Å². The van der Waals surface area contributed by atoms with Crippen molar-refractivity contribution < 1.29 is 13.7 Å². The third-order valence-electron chi connectivity index (χ3n) is 3.82. The zero-order valence-electron chi connectivity index (χ0n) is 13.8. The monoisotopic (exact) mass is 327 g/mol. The first-order chi connectivity index (χ1) is 11.5. The average molecular weight is 327 g/mol. The zero-order valence-corrected chi connectivity index (χ0v) is 13.8. The number of nitrogens with one attached hydrogen (secondary N) is 1. The molecule has 0 bridgehead atoms. The van der Waals surface area contributed by atoms with Crippen LogP contribution in [0.15, 0.2) is 34.9 Å². The third-order valence-corrected chi connectivity index (χ3v) is 3.82. The molecule has 0 saturated heterocycles. The lowest BCUT2D eigenvalue weighted by Gasteiger charge is -2.10. The van der Waals surface area contributed by atoms with Crippen LogP contribution >= 0.6 is 0 Å². The predicted molar refractivity (Wildman–Crippen MR) is 88.2 cm³/mol. The molecule has 0 spiro atoms. The van der Waals surface area contributed by atoms with E-state index in [0.717, 1.165) is 5.69 Å². The lowest BCUT2D eigenvalue weighted by atomic mass is 10.0. The Morgan fingerprint density at radius 3 is 2.83 bits per heavy atom. The fourth-order valence-corrected chi connectivity index (χ4v) is 2.51. The highest BCUT2D eigenvalue weighted by Gasteiger charge is 2.19. The van der Waals surface area contributed by atoms with E-state index in [2.05, 4.69) is 15.5 Å². The van der Waals surface area contributed by atoms with E-state index in [1.165, 1.54) is 12.1 Å². The number of nitrogens with zero attached hydrogens (tertiary/aromatic N) is 2. The number of halogens is 1. The minimum absolute atomic E-state index is 0.148. The quantitative estimate of drug-likeness (QED) is 0.793. The van der Waals surface area contributed by atoms with Crippen molar-refractivity contribution in [2.45, 2.75) is 33.2 Å². The van der Waals surface area contributed by atoms with Crippen molar-refractivity contribution in [1.82, 2.24) is 15.5 Å². The summed E-state index contributed by atoms with van der Waals surface area (Å²) in [5.74, 6) is -0.445. The van der Waals surface area contributed by atoms with Gasteiger partial charge in [0.25, 0.3) is 11.6 Å². The molecule has 0 aliphatic heterocycles. The van der Waals surface area contributed by atoms with Crippen molar-refractivity contribution in [3.8, 4) is 0 Å². The van der Waals surface area contributed by atoms with Gasteiger partial charge in [-0.3, -0.25) is 4.79 Å². The number of benzene rings is 1. The Bertz CT molecular complexity index is 902. The highest BCUT2D eigenvalue weighted by Crippen LogP contribution is 2.25. The molecule has 0 atom stereocenters. The maximum absolute atomic E-state index is 13.2. The molecule has 1 aromatic carbocycles. The van der Waals surface area contributed by atoms with Gasteiger partial charge in [-0.05, 0) is 36.6 Å². The molecule has 124 valence electrons. The van der Waals surface area contributed by atoms with Crippen LogP contribution in [0.5, 0.6) is 0 Å². The minimum atomic E-state index is -0.329. The van der Waals surface area contributed by atoms with Gasteiger partial charge in [-0.2, -0.15) is 0 Å². The minimum Gasteiger partial charge on any atom is -0.348 e. The van der Waals surface area contributed by atoms with Gasteiger partial charge in [0.15, 0.2) is 0 Å². The number of hydrogen-bond donors (Lipinski definition) is 1. The Hall–Kier alpha value is -2.76. The second-order valence-electron chi connectivity index (χ2n) is 6.01. The number of aryl methyl sites for hydroxylation is 1. The van der Waals surface area contributed by atoms with Gasteiger partial charge < -0.3 is 9.84 Å². The summed E-state index contributed by atoms with van der Waals surface area (Å²) in [5, 5.41) is 7.32. The summed E-state index contributed by atoms with van der Waals surface area (Å²) >= 11 is 0. The van der Waals surface area contributed by atoms with Gasteiger partial charge in [0.05, 0.1) is 16.6 Å². The van der Waals surface area contributed by atoms with Crippen molar-refractivity contribution in [2.75, 3.05) is 0 Å². The van der Waals surface area contributed by atoms with E-state index >= 15 is 0 Å². The van der Waals surface area contributed by atoms with Gasteiger partial charge in [-0.15, -0.1) is 0 Å². The molecule has 0 aliphatic carbocycles. The molecule has 3 aromatic rings. The summed E-state index contributed by atoms with van der Waals surface area (Å²) in [6.07, 6.45) is 0. The molecule has 5 nitrogen and oxygen atoms in total. The molecule has 0 fully saturated rings. The normalized spacial score (nSPS) is 11.2. The van der Waals surface area contributed by atoms with E-state index in [4.69, 9.17) is 4.52 Å². The number of carbonyl (C=O) groups is 1. The molecule has 1 amide bonds. The number of fused-ring (bicyclic) bond motifs is 1. The summed E-state index contributed by atoms with van der Waals surface area (Å²) < 4.78 is 18.5. The SMILES string of the molecule is Cc1noc2nc(C(C)C)cc(C(=O)NCc3cccc(F)c3)c12. The first-order valence-electron chi connectivity index (χ1n) is 7.75. The van der Waals surface area contributed by atoms with Crippen LogP contribution in [0, 0.1) is 12.7 Å². The molecule has 24 heavy (non-hydrogen) atoms. The van der Waals surface area contributed by atoms with Crippen LogP contribution in [0.1, 0.15) is 47.1 Å². The lowest BCUT2D eigenvalue weighted by Crippen LogP contribution is -2.23. The summed E-state index contributed by atoms with van der Waals surface area (Å²) in [6.45, 7) is 5.99. The predicted octanol–water partition coefficient (Wildman–Crippen LogP) is 3.72. The molecule has 1 N–H and O–H groups in total. The van der Waals surface area contributed by atoms with E-state index in [0.29, 0.717) is 27.9 Å². The van der Waals surface area contributed by atoms with Crippen LogP contribution in [0.4, 0.5) is 4.39 Å². The number of amides is 1. The Kier molecular flexibility index (Phi) is 4.29. The van der Waals surface area contributed by atoms with Gasteiger partial charge in [0.1, 0.15) is 5.82 Å². The number of aromatic nitrogens is 2. The third kappa shape index (κ3) is 3.13. The van der Waals surface area contributed by atoms with Crippen LogP contribution in [0.3, 0.4) is 0 Å². The molecular weight excluding hydrogens is 309 g/mol. The molecule has 2 aromatic heterocycles. The standard InChI is InChI=1S/C18H18FN3O2/c1-10(2)15-8-14(16-11(3)22-24-18(16)21-15)17(23)20-9-12-5-4-6-13(19)7-12/h4-8,10H,9H2,1-3H3,(H,20,23). The molecule has 2 heterocycles. The number of rotatable bonds is 4. The fourth-order valence-electron chi connectivity index (χ4n) is 2.51. The Labute approximate surface area is 138 Å². The molecule has 3 rings (SSSR count). The molecule has 6 heteroatoms. The molecule has 0 saturated carbocycles. The number of carbonyl (C=O) groups excluding carboxylic acids is 1. The number of pyridine rings is 1. The molecular formula is C18H18FN3O2. The van der Waals surface area contributed by atoms with Crippen molar-refractivity contribution in [3.05, 3.63) is 58.7 Å². The second-order valence-corrected chi connectivity index (χ2v) is 6.01. The van der Waals surface area contributed by atoms with Gasteiger partial charge in [0.2, 0.25) is 0 Å². The van der Waals surface area contributed by atoms with Gasteiger partial charge in [-0.25, -0.2) is 9.37 Å². The number of hydrogen-bond acceptors (Lipinski definition) is 4. The van der Waals surface area contributed by atoms with Crippen molar-refractivity contribution in [1.29, 1.82) is 0 Å². The first-order valence-corrected chi connectivity index (χ1v) is 7.75. The van der Waals surface area contributed by atoms with Crippen LogP contribution < -0.4 is 5.32 Å². The largest absolute Gasteiger partial charge is 0.348 e. The topological polar surface area (TPSA) is 68.0 Å². The van der Waals surface area contributed by atoms with Crippen LogP contribution in [0.25, 0.3) is 11.1 Å². The second kappa shape index (κ2) is 6.39. The van der Waals surface area contributed by atoms with E-state index < -0.39 is 0 Å². The van der Waals surface area contributed by atoms with Crippen LogP contribution in [0.2, 0.25) is 0 Å². The van der Waals surface area contributed by atoms with Crippen LogP contribution in [-0.4, -0.2) is 16.0 Å². The summed E-state index contributed by atoms with van der Waals surface area (Å²) in [4.78, 5) is 17.0. The van der Waals surface area contributed by atoms with Crippen LogP contribution in [-0.2, 0) is 6.54 Å². The maximum atomic E-state index is 13.2. The summed E-state index contributed by atoms with van der Waals surface area (Å²) in [5.41, 5.74) is 2.89. The highest BCUT2D eigenvalue weighted by atomic mass is 19.1. The van der Waals surface area contributed by atoms with Crippen molar-refractivity contribution >= 4 is 17.0 Å². The summed E-state index contributed by atoms with van der Waals surface area (Å²) in [7, 11) is 0. The Balaban J connectivity index is 1.92. The van der Waals surface area contributed by atoms with Gasteiger partial charge in [0, 0.05) is 12.2 Å². The Morgan fingerprint density at radius 1 is 1.33 bits per heavy atom. The van der Waals surface area contributed by atoms with E-state index in [1.807, 2.05) is 13.8 Å². The van der Waals surface area contributed by atoms with Gasteiger partial charge >= 0.3 is 0 Å². The highest BCUT2D eigenvalue weighted by molar-refractivity contribution is 6.06. The Morgan fingerprint density at radius 2 is 2.12 bits per heavy atom. The average Bonchev–Trinajstić information content (AvgIpc) is 2.93. The molecule has 0 unspecified atom stereocenters. The van der Waals surface area contributed by atoms with Crippen molar-refractivity contribution in [2.24, 2.45) is 0 Å². The smallest absolute Gasteiger partial charge is 0.259 e. The zero-order chi connectivity index (χ0) is 17.3. The first kappa shape index (κ1) is 16.1. The molecule has 0 aliphatic rings.